The molecule has 9 heteroatoms. The Bertz CT molecular complexity index is 1560. The van der Waals surface area contributed by atoms with Crippen molar-refractivity contribution >= 4 is 21.6 Å². The van der Waals surface area contributed by atoms with Crippen LogP contribution < -0.4 is 16.0 Å². The predicted octanol–water partition coefficient (Wildman–Crippen LogP) is 3.63. The fourth-order valence-electron chi connectivity index (χ4n) is 3.60. The number of nitrogens with zero attached hydrogens (tertiary/aromatic N) is 4. The zero-order valence-corrected chi connectivity index (χ0v) is 18.1. The first-order valence-electron chi connectivity index (χ1n) is 9.83. The first-order chi connectivity index (χ1) is 15.6. The van der Waals surface area contributed by atoms with Crippen LogP contribution in [0.4, 0.5) is 0 Å². The van der Waals surface area contributed by atoms with Gasteiger partial charge in [0.15, 0.2) is 0 Å². The van der Waals surface area contributed by atoms with Crippen molar-refractivity contribution in [1.82, 2.24) is 19.3 Å². The number of aromatic nitrogens is 4. The molecule has 8 nitrogen and oxygen atoms in total. The number of benzene rings is 2. The first-order valence-corrected chi connectivity index (χ1v) is 10.7. The highest BCUT2D eigenvalue weighted by Crippen LogP contribution is 2.22. The molecule has 0 aliphatic rings. The maximum Gasteiger partial charge on any atom is 0.336 e. The smallest absolute Gasteiger partial charge is 0.336 e. The van der Waals surface area contributed by atoms with Gasteiger partial charge in [-0.3, -0.25) is 9.36 Å². The molecule has 0 amide bonds. The highest BCUT2D eigenvalue weighted by Gasteiger charge is 2.19. The number of ether oxygens (including phenoxy) is 1. The number of hydrogen-bond donors (Lipinski definition) is 0. The van der Waals surface area contributed by atoms with E-state index < -0.39 is 5.69 Å². The summed E-state index contributed by atoms with van der Waals surface area (Å²) in [5.41, 5.74) is 1.85. The molecule has 5 aromatic rings. The number of fused-ring (bicyclic) bond motifs is 1. The van der Waals surface area contributed by atoms with Gasteiger partial charge in [-0.05, 0) is 42.1 Å². The van der Waals surface area contributed by atoms with Crippen molar-refractivity contribution in [1.29, 1.82) is 0 Å². The molecule has 32 heavy (non-hydrogen) atoms. The topological polar surface area (TPSA) is 92.2 Å². The molecule has 0 radical (unpaired) electrons. The monoisotopic (exact) mass is 446 g/mol. The zero-order valence-electron chi connectivity index (χ0n) is 17.3. The summed E-state index contributed by atoms with van der Waals surface area (Å²) >= 11 is 1.29. The molecular weight excluding hydrogens is 428 g/mol. The molecule has 2 aromatic carbocycles. The molecule has 0 saturated carbocycles. The molecule has 5 rings (SSSR count). The second-order valence-electron chi connectivity index (χ2n) is 7.17. The molecule has 0 unspecified atom stereocenters. The quantitative estimate of drug-likeness (QED) is 0.409. The zero-order chi connectivity index (χ0) is 22.2. The van der Waals surface area contributed by atoms with Gasteiger partial charge in [-0.2, -0.15) is 4.98 Å². The van der Waals surface area contributed by atoms with Crippen molar-refractivity contribution < 1.29 is 9.26 Å². The van der Waals surface area contributed by atoms with Crippen LogP contribution in [0.3, 0.4) is 0 Å². The number of thiophene rings is 1. The summed E-state index contributed by atoms with van der Waals surface area (Å²) in [5, 5.41) is 5.84. The van der Waals surface area contributed by atoms with Gasteiger partial charge in [0.05, 0.1) is 18.3 Å². The third-order valence-electron chi connectivity index (χ3n) is 5.20. The van der Waals surface area contributed by atoms with Gasteiger partial charge in [0.25, 0.3) is 5.56 Å². The molecule has 3 aromatic heterocycles. The van der Waals surface area contributed by atoms with Crippen LogP contribution in [-0.4, -0.2) is 26.4 Å². The number of aryl methyl sites for hydroxylation is 1. The van der Waals surface area contributed by atoms with E-state index in [4.69, 9.17) is 9.26 Å². The van der Waals surface area contributed by atoms with Gasteiger partial charge in [-0.25, -0.2) is 9.36 Å². The summed E-state index contributed by atoms with van der Waals surface area (Å²) < 4.78 is 13.9. The highest BCUT2D eigenvalue weighted by atomic mass is 32.1. The third-order valence-corrected chi connectivity index (χ3v) is 6.09. The lowest BCUT2D eigenvalue weighted by molar-refractivity contribution is 0.370. The summed E-state index contributed by atoms with van der Waals surface area (Å²) in [6, 6.07) is 16.4. The molecular formula is C23H18N4O4S. The number of para-hydroxylation sites is 1. The largest absolute Gasteiger partial charge is 0.497 e. The highest BCUT2D eigenvalue weighted by molar-refractivity contribution is 7.17. The first kappa shape index (κ1) is 20.0. The summed E-state index contributed by atoms with van der Waals surface area (Å²) in [7, 11) is 1.59. The van der Waals surface area contributed by atoms with E-state index in [0.29, 0.717) is 27.5 Å². The second-order valence-corrected chi connectivity index (χ2v) is 8.09. The standard InChI is InChI=1S/C23H18N4O4S/c1-14-6-3-4-9-17(14)27-22(28)20-18(10-11-32-20)26(23(27)29)13-19-24-21(25-31-19)15-7-5-8-16(12-15)30-2/h3-12H,13H2,1-2H3. The van der Waals surface area contributed by atoms with Crippen LogP contribution in [-0.2, 0) is 6.54 Å². The van der Waals surface area contributed by atoms with Gasteiger partial charge >= 0.3 is 5.69 Å². The van der Waals surface area contributed by atoms with E-state index in [-0.39, 0.29) is 18.0 Å². The molecule has 160 valence electrons. The lowest BCUT2D eigenvalue weighted by Gasteiger charge is -2.12. The van der Waals surface area contributed by atoms with Crippen LogP contribution in [0, 0.1) is 6.92 Å². The van der Waals surface area contributed by atoms with E-state index >= 15 is 0 Å². The van der Waals surface area contributed by atoms with E-state index in [1.54, 1.807) is 36.8 Å². The molecule has 0 fully saturated rings. The Labute approximate surface area is 186 Å². The fraction of sp³-hybridized carbons (Fsp3) is 0.130. The Morgan fingerprint density at radius 3 is 2.75 bits per heavy atom. The molecule has 3 heterocycles. The van der Waals surface area contributed by atoms with Crippen molar-refractivity contribution in [2.24, 2.45) is 0 Å². The van der Waals surface area contributed by atoms with Gasteiger partial charge in [-0.15, -0.1) is 11.3 Å². The van der Waals surface area contributed by atoms with Crippen molar-refractivity contribution in [3.63, 3.8) is 0 Å². The van der Waals surface area contributed by atoms with Crippen molar-refractivity contribution in [2.45, 2.75) is 13.5 Å². The lowest BCUT2D eigenvalue weighted by Crippen LogP contribution is -2.39. The second kappa shape index (κ2) is 7.93. The molecule has 0 atom stereocenters. The predicted molar refractivity (Wildman–Crippen MR) is 122 cm³/mol. The number of hydrogen-bond acceptors (Lipinski definition) is 7. The molecule has 0 aliphatic heterocycles. The average Bonchev–Trinajstić information content (AvgIpc) is 3.48. The van der Waals surface area contributed by atoms with Gasteiger partial charge in [0, 0.05) is 5.56 Å². The molecule has 0 bridgehead atoms. The Hall–Kier alpha value is -3.98. The van der Waals surface area contributed by atoms with Crippen molar-refractivity contribution in [2.75, 3.05) is 7.11 Å². The van der Waals surface area contributed by atoms with Gasteiger partial charge in [-0.1, -0.05) is 35.5 Å². The van der Waals surface area contributed by atoms with Crippen molar-refractivity contribution in [3.05, 3.63) is 92.3 Å². The van der Waals surface area contributed by atoms with Gasteiger partial charge in [0.2, 0.25) is 11.7 Å². The summed E-state index contributed by atoms with van der Waals surface area (Å²) in [6.45, 7) is 1.90. The minimum Gasteiger partial charge on any atom is -0.497 e. The number of methoxy groups -OCH3 is 1. The van der Waals surface area contributed by atoms with Crippen molar-refractivity contribution in [3.8, 4) is 22.8 Å². The summed E-state index contributed by atoms with van der Waals surface area (Å²) in [4.78, 5) is 31.0. The Kier molecular flexibility index (Phi) is 4.95. The van der Waals surface area contributed by atoms with E-state index in [1.165, 1.54) is 20.5 Å². The summed E-state index contributed by atoms with van der Waals surface area (Å²) in [5.74, 6) is 1.32. The van der Waals surface area contributed by atoms with Crippen LogP contribution in [0.2, 0.25) is 0 Å². The van der Waals surface area contributed by atoms with Crippen LogP contribution >= 0.6 is 11.3 Å². The van der Waals surface area contributed by atoms with Crippen LogP contribution in [0.1, 0.15) is 11.5 Å². The molecule has 0 N–H and O–H groups in total. The van der Waals surface area contributed by atoms with E-state index in [1.807, 2.05) is 37.3 Å². The minimum absolute atomic E-state index is 0.0369. The Morgan fingerprint density at radius 2 is 1.94 bits per heavy atom. The molecule has 0 aliphatic carbocycles. The maximum atomic E-state index is 13.4. The van der Waals surface area contributed by atoms with E-state index in [0.717, 1.165) is 11.1 Å². The fourth-order valence-corrected chi connectivity index (χ4v) is 4.42. The maximum absolute atomic E-state index is 13.4. The molecule has 0 saturated heterocycles. The van der Waals surface area contributed by atoms with Crippen LogP contribution in [0.25, 0.3) is 27.3 Å². The normalized spacial score (nSPS) is 11.2. The number of rotatable bonds is 5. The minimum atomic E-state index is -0.462. The van der Waals surface area contributed by atoms with Crippen LogP contribution in [0.15, 0.2) is 74.1 Å². The Morgan fingerprint density at radius 1 is 1.09 bits per heavy atom. The Balaban J connectivity index is 1.62. The third kappa shape index (κ3) is 3.32. The van der Waals surface area contributed by atoms with Gasteiger partial charge < -0.3 is 9.26 Å². The summed E-state index contributed by atoms with van der Waals surface area (Å²) in [6.07, 6.45) is 0. The van der Waals surface area contributed by atoms with E-state index in [9.17, 15) is 9.59 Å². The lowest BCUT2D eigenvalue weighted by atomic mass is 10.2. The SMILES string of the molecule is COc1cccc(-c2noc(Cn3c(=O)n(-c4ccccc4C)c(=O)c4sccc43)n2)c1. The van der Waals surface area contributed by atoms with Crippen LogP contribution in [0.5, 0.6) is 5.75 Å². The van der Waals surface area contributed by atoms with Gasteiger partial charge in [0.1, 0.15) is 17.0 Å². The van der Waals surface area contributed by atoms with E-state index in [2.05, 4.69) is 10.1 Å². The average molecular weight is 446 g/mol. The molecule has 0 spiro atoms.